The second-order valence-corrected chi connectivity index (χ2v) is 8.38. The van der Waals surface area contributed by atoms with Gasteiger partial charge in [0, 0.05) is 48.4 Å². The standard InChI is InChI=1S/C23H26ClN3O2/c1-16-13-19(24)6-9-21(16)22(28)18-3-2-11-26(15-18)14-17-4-7-20(8-5-17)27-12-10-25-23(27)29/h4-9,13,18H,2-3,10-12,14-15H2,1H3,(H,25,29). The van der Waals surface area contributed by atoms with Gasteiger partial charge in [-0.05, 0) is 67.8 Å². The van der Waals surface area contributed by atoms with E-state index in [4.69, 9.17) is 11.6 Å². The van der Waals surface area contributed by atoms with Gasteiger partial charge in [-0.1, -0.05) is 23.7 Å². The second kappa shape index (κ2) is 8.56. The zero-order valence-electron chi connectivity index (χ0n) is 16.7. The zero-order valence-corrected chi connectivity index (χ0v) is 17.4. The number of aryl methyl sites for hydroxylation is 1. The van der Waals surface area contributed by atoms with Crippen LogP contribution < -0.4 is 10.2 Å². The SMILES string of the molecule is Cc1cc(Cl)ccc1C(=O)C1CCCN(Cc2ccc(N3CCNC3=O)cc2)C1. The highest BCUT2D eigenvalue weighted by Gasteiger charge is 2.27. The monoisotopic (exact) mass is 411 g/mol. The first-order valence-electron chi connectivity index (χ1n) is 10.2. The Morgan fingerprint density at radius 2 is 1.97 bits per heavy atom. The molecule has 2 aliphatic heterocycles. The molecule has 2 saturated heterocycles. The van der Waals surface area contributed by atoms with Crippen molar-refractivity contribution in [3.63, 3.8) is 0 Å². The molecule has 6 heteroatoms. The topological polar surface area (TPSA) is 52.7 Å². The fourth-order valence-electron chi connectivity index (χ4n) is 4.29. The molecule has 0 aromatic heterocycles. The minimum Gasteiger partial charge on any atom is -0.336 e. The maximum Gasteiger partial charge on any atom is 0.321 e. The van der Waals surface area contributed by atoms with Gasteiger partial charge >= 0.3 is 6.03 Å². The van der Waals surface area contributed by atoms with Gasteiger partial charge in [0.2, 0.25) is 0 Å². The molecule has 2 heterocycles. The van der Waals surface area contributed by atoms with Crippen LogP contribution in [0.1, 0.15) is 34.3 Å². The van der Waals surface area contributed by atoms with Crippen molar-refractivity contribution in [3.05, 3.63) is 64.2 Å². The maximum absolute atomic E-state index is 13.0. The second-order valence-electron chi connectivity index (χ2n) is 7.95. The Balaban J connectivity index is 1.39. The summed E-state index contributed by atoms with van der Waals surface area (Å²) in [7, 11) is 0. The number of halogens is 1. The number of amides is 2. The third-order valence-corrected chi connectivity index (χ3v) is 6.08. The number of nitrogens with one attached hydrogen (secondary N) is 1. The molecule has 0 aliphatic carbocycles. The molecule has 0 radical (unpaired) electrons. The summed E-state index contributed by atoms with van der Waals surface area (Å²) in [6.45, 7) is 5.93. The van der Waals surface area contributed by atoms with E-state index in [9.17, 15) is 9.59 Å². The number of ketones is 1. The minimum atomic E-state index is -0.0346. The van der Waals surface area contributed by atoms with Crippen LogP contribution in [0.3, 0.4) is 0 Å². The van der Waals surface area contributed by atoms with E-state index in [0.29, 0.717) is 18.1 Å². The Labute approximate surface area is 176 Å². The summed E-state index contributed by atoms with van der Waals surface area (Å²) in [5.74, 6) is 0.246. The lowest BCUT2D eigenvalue weighted by Gasteiger charge is -2.32. The van der Waals surface area contributed by atoms with E-state index in [1.54, 1.807) is 11.0 Å². The number of carbonyl (C=O) groups is 2. The minimum absolute atomic E-state index is 0.0243. The van der Waals surface area contributed by atoms with Gasteiger partial charge in [0.25, 0.3) is 0 Å². The van der Waals surface area contributed by atoms with Gasteiger partial charge in [0.05, 0.1) is 0 Å². The van der Waals surface area contributed by atoms with Crippen molar-refractivity contribution in [3.8, 4) is 0 Å². The highest BCUT2D eigenvalue weighted by molar-refractivity contribution is 6.30. The molecule has 5 nitrogen and oxygen atoms in total. The van der Waals surface area contributed by atoms with E-state index in [-0.39, 0.29) is 17.7 Å². The van der Waals surface area contributed by atoms with Gasteiger partial charge in [-0.2, -0.15) is 0 Å². The average molecular weight is 412 g/mol. The summed E-state index contributed by atoms with van der Waals surface area (Å²) in [5.41, 5.74) is 3.86. The van der Waals surface area contributed by atoms with Crippen LogP contribution in [0.2, 0.25) is 5.02 Å². The molecular weight excluding hydrogens is 386 g/mol. The number of hydrogen-bond donors (Lipinski definition) is 1. The van der Waals surface area contributed by atoms with Gasteiger partial charge in [0.15, 0.2) is 5.78 Å². The van der Waals surface area contributed by atoms with Crippen LogP contribution in [0, 0.1) is 12.8 Å². The normalized spacial score (nSPS) is 20.0. The van der Waals surface area contributed by atoms with Crippen molar-refractivity contribution in [2.24, 2.45) is 5.92 Å². The number of nitrogens with zero attached hydrogens (tertiary/aromatic N) is 2. The lowest BCUT2D eigenvalue weighted by atomic mass is 9.88. The smallest absolute Gasteiger partial charge is 0.321 e. The first kappa shape index (κ1) is 19.9. The quantitative estimate of drug-likeness (QED) is 0.747. The van der Waals surface area contributed by atoms with Crippen molar-refractivity contribution in [1.29, 1.82) is 0 Å². The van der Waals surface area contributed by atoms with Crippen molar-refractivity contribution in [2.45, 2.75) is 26.3 Å². The van der Waals surface area contributed by atoms with Crippen molar-refractivity contribution in [1.82, 2.24) is 10.2 Å². The van der Waals surface area contributed by atoms with Crippen LogP contribution in [-0.2, 0) is 6.54 Å². The molecule has 0 spiro atoms. The third kappa shape index (κ3) is 4.46. The summed E-state index contributed by atoms with van der Waals surface area (Å²) in [5, 5.41) is 3.49. The fourth-order valence-corrected chi connectivity index (χ4v) is 4.52. The number of urea groups is 1. The van der Waals surface area contributed by atoms with E-state index < -0.39 is 0 Å². The summed E-state index contributed by atoms with van der Waals surface area (Å²) in [6, 6.07) is 13.6. The van der Waals surface area contributed by atoms with Crippen molar-refractivity contribution >= 4 is 29.1 Å². The average Bonchev–Trinajstić information content (AvgIpc) is 3.14. The van der Waals surface area contributed by atoms with Gasteiger partial charge in [-0.3, -0.25) is 14.6 Å². The van der Waals surface area contributed by atoms with Crippen LogP contribution in [0.4, 0.5) is 10.5 Å². The predicted molar refractivity (Wildman–Crippen MR) is 116 cm³/mol. The Bertz CT molecular complexity index is 913. The van der Waals surface area contributed by atoms with E-state index in [0.717, 1.165) is 49.3 Å². The molecule has 1 unspecified atom stereocenters. The van der Waals surface area contributed by atoms with Crippen LogP contribution in [-0.4, -0.2) is 42.9 Å². The van der Waals surface area contributed by atoms with Crippen LogP contribution in [0.15, 0.2) is 42.5 Å². The molecule has 2 aromatic carbocycles. The largest absolute Gasteiger partial charge is 0.336 e. The molecule has 1 N–H and O–H groups in total. The molecular formula is C23H26ClN3O2. The summed E-state index contributed by atoms with van der Waals surface area (Å²) >= 11 is 6.04. The molecule has 2 aromatic rings. The molecule has 29 heavy (non-hydrogen) atoms. The van der Waals surface area contributed by atoms with Gasteiger partial charge in [-0.25, -0.2) is 4.79 Å². The molecule has 4 rings (SSSR count). The molecule has 2 fully saturated rings. The Morgan fingerprint density at radius 1 is 1.17 bits per heavy atom. The first-order valence-corrected chi connectivity index (χ1v) is 10.6. The van der Waals surface area contributed by atoms with Crippen LogP contribution >= 0.6 is 11.6 Å². The number of likely N-dealkylation sites (tertiary alicyclic amines) is 1. The molecule has 1 atom stereocenters. The number of piperidine rings is 1. The van der Waals surface area contributed by atoms with Crippen LogP contribution in [0.25, 0.3) is 0 Å². The first-order chi connectivity index (χ1) is 14.0. The predicted octanol–water partition coefficient (Wildman–Crippen LogP) is 4.27. The summed E-state index contributed by atoms with van der Waals surface area (Å²) in [6.07, 6.45) is 1.95. The summed E-state index contributed by atoms with van der Waals surface area (Å²) in [4.78, 5) is 29.0. The molecule has 152 valence electrons. The Hall–Kier alpha value is -2.37. The zero-order chi connectivity index (χ0) is 20.4. The van der Waals surface area contributed by atoms with E-state index in [2.05, 4.69) is 22.3 Å². The van der Waals surface area contributed by atoms with Crippen molar-refractivity contribution < 1.29 is 9.59 Å². The van der Waals surface area contributed by atoms with Crippen molar-refractivity contribution in [2.75, 3.05) is 31.1 Å². The molecule has 0 bridgehead atoms. The lowest BCUT2D eigenvalue weighted by molar-refractivity contribution is 0.0811. The van der Waals surface area contributed by atoms with Crippen LogP contribution in [0.5, 0.6) is 0 Å². The van der Waals surface area contributed by atoms with Gasteiger partial charge in [-0.15, -0.1) is 0 Å². The van der Waals surface area contributed by atoms with E-state index >= 15 is 0 Å². The molecule has 2 aliphatic rings. The number of Topliss-reactive ketones (excluding diaryl/α,β-unsaturated/α-hetero) is 1. The highest BCUT2D eigenvalue weighted by atomic mass is 35.5. The van der Waals surface area contributed by atoms with E-state index in [1.165, 1.54) is 5.56 Å². The fraction of sp³-hybridized carbons (Fsp3) is 0.391. The van der Waals surface area contributed by atoms with Gasteiger partial charge in [0.1, 0.15) is 0 Å². The number of carbonyl (C=O) groups excluding carboxylic acids is 2. The number of anilines is 1. The number of hydrogen-bond acceptors (Lipinski definition) is 3. The van der Waals surface area contributed by atoms with Gasteiger partial charge < -0.3 is 5.32 Å². The highest BCUT2D eigenvalue weighted by Crippen LogP contribution is 2.26. The maximum atomic E-state index is 13.0. The number of benzene rings is 2. The third-order valence-electron chi connectivity index (χ3n) is 5.84. The molecule has 2 amide bonds. The number of rotatable bonds is 5. The lowest BCUT2D eigenvalue weighted by Crippen LogP contribution is -2.38. The Morgan fingerprint density at radius 3 is 2.66 bits per heavy atom. The summed E-state index contributed by atoms with van der Waals surface area (Å²) < 4.78 is 0. The Kier molecular flexibility index (Phi) is 5.88. The molecule has 0 saturated carbocycles. The van der Waals surface area contributed by atoms with E-state index in [1.807, 2.05) is 31.2 Å².